The largest absolute Gasteiger partial charge is 0.492 e. The van der Waals surface area contributed by atoms with Gasteiger partial charge in [-0.25, -0.2) is 4.98 Å². The summed E-state index contributed by atoms with van der Waals surface area (Å²) in [7, 11) is 2.07. The van der Waals surface area contributed by atoms with Crippen molar-refractivity contribution in [2.45, 2.75) is 6.54 Å². The van der Waals surface area contributed by atoms with E-state index in [1.807, 2.05) is 18.2 Å². The van der Waals surface area contributed by atoms with E-state index in [9.17, 15) is 0 Å². The number of ether oxygens (including phenoxy) is 1. The smallest absolute Gasteiger partial charge is 0.131 e. The van der Waals surface area contributed by atoms with E-state index in [1.165, 1.54) is 6.20 Å². The molecule has 2 aromatic rings. The van der Waals surface area contributed by atoms with Gasteiger partial charge in [0.15, 0.2) is 0 Å². The molecule has 0 unspecified atom stereocenters. The SMILES string of the molecule is CN1CCOc2cccc(Nc3cc(Cl)ncc3Cl)c2C1. The molecule has 0 bridgehead atoms. The van der Waals surface area contributed by atoms with Crippen LogP contribution in [0, 0.1) is 0 Å². The van der Waals surface area contributed by atoms with Crippen molar-refractivity contribution in [1.82, 2.24) is 9.88 Å². The lowest BCUT2D eigenvalue weighted by Crippen LogP contribution is -2.20. The second-order valence-corrected chi connectivity index (χ2v) is 5.77. The van der Waals surface area contributed by atoms with Crippen molar-refractivity contribution in [3.63, 3.8) is 0 Å². The molecule has 0 atom stereocenters. The number of fused-ring (bicyclic) bond motifs is 1. The number of pyridine rings is 1. The van der Waals surface area contributed by atoms with Crippen LogP contribution in [0.3, 0.4) is 0 Å². The zero-order valence-corrected chi connectivity index (χ0v) is 13.1. The number of benzene rings is 1. The molecule has 0 saturated carbocycles. The molecule has 6 heteroatoms. The molecule has 0 fully saturated rings. The van der Waals surface area contributed by atoms with E-state index in [1.54, 1.807) is 6.07 Å². The minimum atomic E-state index is 0.400. The summed E-state index contributed by atoms with van der Waals surface area (Å²) in [5.41, 5.74) is 2.81. The fourth-order valence-corrected chi connectivity index (χ4v) is 2.60. The molecule has 4 nitrogen and oxygen atoms in total. The molecule has 3 rings (SSSR count). The molecule has 21 heavy (non-hydrogen) atoms. The number of likely N-dealkylation sites (N-methyl/N-ethyl adjacent to an activating group) is 1. The van der Waals surface area contributed by atoms with Gasteiger partial charge < -0.3 is 10.1 Å². The third-order valence-corrected chi connectivity index (χ3v) is 3.89. The predicted octanol–water partition coefficient (Wildman–Crippen LogP) is 3.96. The maximum absolute atomic E-state index is 6.16. The summed E-state index contributed by atoms with van der Waals surface area (Å²) in [5, 5.41) is 4.25. The summed E-state index contributed by atoms with van der Waals surface area (Å²) in [4.78, 5) is 6.18. The number of hydrogen-bond donors (Lipinski definition) is 1. The van der Waals surface area contributed by atoms with Gasteiger partial charge >= 0.3 is 0 Å². The molecule has 1 aliphatic heterocycles. The second kappa shape index (κ2) is 6.10. The topological polar surface area (TPSA) is 37.4 Å². The van der Waals surface area contributed by atoms with Gasteiger partial charge in [-0.2, -0.15) is 0 Å². The van der Waals surface area contributed by atoms with Gasteiger partial charge in [0.25, 0.3) is 0 Å². The monoisotopic (exact) mass is 323 g/mol. The van der Waals surface area contributed by atoms with Crippen molar-refractivity contribution in [1.29, 1.82) is 0 Å². The van der Waals surface area contributed by atoms with Crippen LogP contribution in [0.15, 0.2) is 30.5 Å². The normalized spacial score (nSPS) is 15.0. The van der Waals surface area contributed by atoms with Crippen LogP contribution in [0.5, 0.6) is 5.75 Å². The molecule has 2 heterocycles. The number of rotatable bonds is 2. The molecule has 0 aliphatic carbocycles. The van der Waals surface area contributed by atoms with E-state index in [0.29, 0.717) is 16.8 Å². The molecular weight excluding hydrogens is 309 g/mol. The van der Waals surface area contributed by atoms with Crippen LogP contribution in [0.1, 0.15) is 5.56 Å². The van der Waals surface area contributed by atoms with Crippen LogP contribution in [-0.4, -0.2) is 30.1 Å². The van der Waals surface area contributed by atoms with E-state index in [2.05, 4.69) is 22.2 Å². The van der Waals surface area contributed by atoms with Crippen molar-refractivity contribution in [2.75, 3.05) is 25.5 Å². The Balaban J connectivity index is 1.98. The number of hydrogen-bond acceptors (Lipinski definition) is 4. The highest BCUT2D eigenvalue weighted by Gasteiger charge is 2.16. The van der Waals surface area contributed by atoms with E-state index >= 15 is 0 Å². The molecule has 1 N–H and O–H groups in total. The number of aromatic nitrogens is 1. The summed E-state index contributed by atoms with van der Waals surface area (Å²) in [6, 6.07) is 7.67. The molecule has 0 amide bonds. The molecule has 1 aliphatic rings. The van der Waals surface area contributed by atoms with Gasteiger partial charge in [-0.3, -0.25) is 4.90 Å². The Morgan fingerprint density at radius 2 is 2.14 bits per heavy atom. The number of anilines is 2. The quantitative estimate of drug-likeness (QED) is 0.849. The number of halogens is 2. The van der Waals surface area contributed by atoms with Crippen LogP contribution in [0.4, 0.5) is 11.4 Å². The van der Waals surface area contributed by atoms with Gasteiger partial charge in [0.1, 0.15) is 17.5 Å². The zero-order chi connectivity index (χ0) is 14.8. The Morgan fingerprint density at radius 1 is 1.29 bits per heavy atom. The summed E-state index contributed by atoms with van der Waals surface area (Å²) in [6.45, 7) is 2.40. The predicted molar refractivity (Wildman–Crippen MR) is 85.8 cm³/mol. The summed E-state index contributed by atoms with van der Waals surface area (Å²) in [6.07, 6.45) is 1.54. The molecule has 0 saturated heterocycles. The molecule has 110 valence electrons. The Kier molecular flexibility index (Phi) is 4.19. The van der Waals surface area contributed by atoms with Crippen LogP contribution in [0.25, 0.3) is 0 Å². The average Bonchev–Trinajstić information content (AvgIpc) is 2.64. The highest BCUT2D eigenvalue weighted by molar-refractivity contribution is 6.34. The third-order valence-electron chi connectivity index (χ3n) is 3.38. The molecular formula is C15H15Cl2N3O. The lowest BCUT2D eigenvalue weighted by Gasteiger charge is -2.17. The van der Waals surface area contributed by atoms with Gasteiger partial charge in [0.05, 0.1) is 10.7 Å². The highest BCUT2D eigenvalue weighted by atomic mass is 35.5. The Labute approximate surface area is 133 Å². The van der Waals surface area contributed by atoms with E-state index in [-0.39, 0.29) is 0 Å². The average molecular weight is 324 g/mol. The first-order valence-corrected chi connectivity index (χ1v) is 7.40. The lowest BCUT2D eigenvalue weighted by molar-refractivity contribution is 0.259. The molecule has 0 spiro atoms. The standard InChI is InChI=1S/C15H15Cl2N3O/c1-20-5-6-21-14-4-2-3-12(10(14)9-20)19-13-7-15(17)18-8-11(13)16/h2-4,7-8H,5-6,9H2,1H3,(H,18,19). The van der Waals surface area contributed by atoms with Gasteiger partial charge in [-0.1, -0.05) is 29.3 Å². The van der Waals surface area contributed by atoms with Crippen molar-refractivity contribution < 1.29 is 4.74 Å². The van der Waals surface area contributed by atoms with Crippen molar-refractivity contribution in [3.8, 4) is 5.75 Å². The van der Waals surface area contributed by atoms with E-state index < -0.39 is 0 Å². The van der Waals surface area contributed by atoms with Gasteiger partial charge in [0, 0.05) is 36.6 Å². The third kappa shape index (κ3) is 3.23. The first-order valence-electron chi connectivity index (χ1n) is 6.65. The number of nitrogens with one attached hydrogen (secondary N) is 1. The van der Waals surface area contributed by atoms with Gasteiger partial charge in [0.2, 0.25) is 0 Å². The maximum Gasteiger partial charge on any atom is 0.131 e. The highest BCUT2D eigenvalue weighted by Crippen LogP contribution is 2.34. The zero-order valence-electron chi connectivity index (χ0n) is 11.6. The van der Waals surface area contributed by atoms with Crippen molar-refractivity contribution in [2.24, 2.45) is 0 Å². The van der Waals surface area contributed by atoms with Crippen molar-refractivity contribution in [3.05, 3.63) is 46.2 Å². The molecule has 1 aromatic heterocycles. The minimum Gasteiger partial charge on any atom is -0.492 e. The van der Waals surface area contributed by atoms with Gasteiger partial charge in [-0.05, 0) is 19.2 Å². The summed E-state index contributed by atoms with van der Waals surface area (Å²) < 4.78 is 5.80. The van der Waals surface area contributed by atoms with Crippen LogP contribution < -0.4 is 10.1 Å². The second-order valence-electron chi connectivity index (χ2n) is 4.98. The molecule has 1 aromatic carbocycles. The van der Waals surface area contributed by atoms with Crippen LogP contribution >= 0.6 is 23.2 Å². The van der Waals surface area contributed by atoms with E-state index in [0.717, 1.165) is 35.8 Å². The molecule has 0 radical (unpaired) electrons. The Hall–Kier alpha value is -1.49. The fraction of sp³-hybridized carbons (Fsp3) is 0.267. The van der Waals surface area contributed by atoms with Crippen molar-refractivity contribution >= 4 is 34.6 Å². The number of nitrogens with zero attached hydrogens (tertiary/aromatic N) is 2. The summed E-state index contributed by atoms with van der Waals surface area (Å²) >= 11 is 12.1. The van der Waals surface area contributed by atoms with Gasteiger partial charge in [-0.15, -0.1) is 0 Å². The maximum atomic E-state index is 6.16. The first-order chi connectivity index (χ1) is 10.1. The van der Waals surface area contributed by atoms with Crippen LogP contribution in [-0.2, 0) is 6.54 Å². The Morgan fingerprint density at radius 3 is 3.00 bits per heavy atom. The Bertz CT molecular complexity index is 663. The van der Waals surface area contributed by atoms with E-state index in [4.69, 9.17) is 27.9 Å². The lowest BCUT2D eigenvalue weighted by atomic mass is 10.1. The first kappa shape index (κ1) is 14.4. The minimum absolute atomic E-state index is 0.400. The van der Waals surface area contributed by atoms with Crippen LogP contribution in [0.2, 0.25) is 10.2 Å². The fourth-order valence-electron chi connectivity index (χ4n) is 2.30. The summed E-state index contributed by atoms with van der Waals surface area (Å²) in [5.74, 6) is 0.903.